The number of methoxy groups -OCH3 is 1. The normalized spacial score (nSPS) is 10.1. The van der Waals surface area contributed by atoms with Crippen molar-refractivity contribution in [2.45, 2.75) is 0 Å². The van der Waals surface area contributed by atoms with E-state index in [0.717, 1.165) is 0 Å². The highest BCUT2D eigenvalue weighted by molar-refractivity contribution is 5.91. The molecule has 0 fully saturated rings. The summed E-state index contributed by atoms with van der Waals surface area (Å²) in [6, 6.07) is 10.0. The molecular formula is C14H11FO3. The van der Waals surface area contributed by atoms with Crippen molar-refractivity contribution in [3.05, 3.63) is 53.8 Å². The minimum absolute atomic E-state index is 0.0225. The Labute approximate surface area is 103 Å². The average Bonchev–Trinajstić information content (AvgIpc) is 2.39. The summed E-state index contributed by atoms with van der Waals surface area (Å²) in [5.41, 5.74) is 1.41. The summed E-state index contributed by atoms with van der Waals surface area (Å²) < 4.78 is 17.4. The maximum atomic E-state index is 12.8. The van der Waals surface area contributed by atoms with Gasteiger partial charge in [0, 0.05) is 5.56 Å². The van der Waals surface area contributed by atoms with Crippen molar-refractivity contribution in [1.82, 2.24) is 0 Å². The first kappa shape index (κ1) is 12.1. The van der Waals surface area contributed by atoms with E-state index in [4.69, 9.17) is 0 Å². The number of benzene rings is 2. The maximum absolute atomic E-state index is 12.8. The number of halogens is 1. The second kappa shape index (κ2) is 4.87. The molecule has 2 aromatic carbocycles. The van der Waals surface area contributed by atoms with E-state index < -0.39 is 5.97 Å². The van der Waals surface area contributed by atoms with E-state index in [1.165, 1.54) is 49.6 Å². The molecule has 0 aliphatic rings. The molecule has 2 rings (SSSR count). The van der Waals surface area contributed by atoms with Gasteiger partial charge in [0.2, 0.25) is 0 Å². The van der Waals surface area contributed by atoms with E-state index in [9.17, 15) is 14.3 Å². The minimum atomic E-state index is -0.488. The molecule has 0 aromatic heterocycles. The highest BCUT2D eigenvalue weighted by Crippen LogP contribution is 2.30. The van der Waals surface area contributed by atoms with Gasteiger partial charge in [0.1, 0.15) is 11.6 Å². The third-order valence-electron chi connectivity index (χ3n) is 2.57. The summed E-state index contributed by atoms with van der Waals surface area (Å²) in [7, 11) is 1.28. The van der Waals surface area contributed by atoms with Crippen molar-refractivity contribution < 1.29 is 19.0 Å². The Bertz CT molecular complexity index is 576. The van der Waals surface area contributed by atoms with Crippen LogP contribution in [0.25, 0.3) is 11.1 Å². The van der Waals surface area contributed by atoms with Gasteiger partial charge in [0.05, 0.1) is 12.7 Å². The molecule has 0 aliphatic carbocycles. The molecular weight excluding hydrogens is 235 g/mol. The number of phenolic OH excluding ortho intramolecular Hbond substituents is 1. The van der Waals surface area contributed by atoms with Crippen LogP contribution in [-0.2, 0) is 4.74 Å². The van der Waals surface area contributed by atoms with Crippen LogP contribution in [0.1, 0.15) is 10.4 Å². The van der Waals surface area contributed by atoms with Crippen LogP contribution in [0.2, 0.25) is 0 Å². The largest absolute Gasteiger partial charge is 0.507 e. The Kier molecular flexibility index (Phi) is 3.28. The summed E-state index contributed by atoms with van der Waals surface area (Å²) in [6.07, 6.45) is 0. The van der Waals surface area contributed by atoms with Gasteiger partial charge in [0.25, 0.3) is 0 Å². The van der Waals surface area contributed by atoms with Gasteiger partial charge in [-0.05, 0) is 35.9 Å². The Hall–Kier alpha value is -2.36. The Morgan fingerprint density at radius 2 is 1.83 bits per heavy atom. The molecule has 2 aromatic rings. The van der Waals surface area contributed by atoms with Gasteiger partial charge in [-0.1, -0.05) is 12.1 Å². The molecule has 18 heavy (non-hydrogen) atoms. The third-order valence-corrected chi connectivity index (χ3v) is 2.57. The quantitative estimate of drug-likeness (QED) is 0.828. The van der Waals surface area contributed by atoms with Crippen molar-refractivity contribution in [1.29, 1.82) is 0 Å². The van der Waals surface area contributed by atoms with Gasteiger partial charge < -0.3 is 9.84 Å². The van der Waals surface area contributed by atoms with Crippen LogP contribution >= 0.6 is 0 Å². The number of ether oxygens (including phenoxy) is 1. The first-order valence-electron chi connectivity index (χ1n) is 5.29. The summed E-state index contributed by atoms with van der Waals surface area (Å²) in [5.74, 6) is -0.824. The van der Waals surface area contributed by atoms with Gasteiger partial charge in [-0.25, -0.2) is 9.18 Å². The first-order valence-corrected chi connectivity index (χ1v) is 5.29. The summed E-state index contributed by atoms with van der Waals surface area (Å²) >= 11 is 0. The fourth-order valence-corrected chi connectivity index (χ4v) is 1.64. The molecule has 0 radical (unpaired) electrons. The zero-order chi connectivity index (χ0) is 13.1. The zero-order valence-corrected chi connectivity index (χ0v) is 9.68. The average molecular weight is 246 g/mol. The monoisotopic (exact) mass is 246 g/mol. The Morgan fingerprint density at radius 1 is 1.17 bits per heavy atom. The number of rotatable bonds is 2. The summed E-state index contributed by atoms with van der Waals surface area (Å²) in [6.45, 7) is 0. The molecule has 4 heteroatoms. The standard InChI is InChI=1S/C14H11FO3/c1-18-14(17)10-4-7-13(16)12(8-10)9-2-5-11(15)6-3-9/h2-8,16H,1H3. The number of esters is 1. The highest BCUT2D eigenvalue weighted by atomic mass is 19.1. The van der Waals surface area contributed by atoms with E-state index in [2.05, 4.69) is 4.74 Å². The molecule has 0 saturated carbocycles. The molecule has 1 N–H and O–H groups in total. The number of hydrogen-bond acceptors (Lipinski definition) is 3. The van der Waals surface area contributed by atoms with Crippen LogP contribution < -0.4 is 0 Å². The van der Waals surface area contributed by atoms with Crippen molar-refractivity contribution >= 4 is 5.97 Å². The molecule has 0 heterocycles. The van der Waals surface area contributed by atoms with E-state index in [1.807, 2.05) is 0 Å². The highest BCUT2D eigenvalue weighted by Gasteiger charge is 2.10. The first-order chi connectivity index (χ1) is 8.61. The van der Waals surface area contributed by atoms with Crippen LogP contribution in [0, 0.1) is 5.82 Å². The van der Waals surface area contributed by atoms with Gasteiger partial charge >= 0.3 is 5.97 Å². The number of carbonyl (C=O) groups excluding carboxylic acids is 1. The van der Waals surface area contributed by atoms with Crippen LogP contribution in [0.15, 0.2) is 42.5 Å². The van der Waals surface area contributed by atoms with Crippen LogP contribution in [0.3, 0.4) is 0 Å². The summed E-state index contributed by atoms with van der Waals surface area (Å²) in [4.78, 5) is 11.4. The fourth-order valence-electron chi connectivity index (χ4n) is 1.64. The van der Waals surface area contributed by atoms with Gasteiger partial charge in [-0.2, -0.15) is 0 Å². The van der Waals surface area contributed by atoms with E-state index in [0.29, 0.717) is 16.7 Å². The number of phenols is 1. The predicted molar refractivity (Wildman–Crippen MR) is 64.8 cm³/mol. The van der Waals surface area contributed by atoms with E-state index in [1.54, 1.807) is 0 Å². The minimum Gasteiger partial charge on any atom is -0.507 e. The lowest BCUT2D eigenvalue weighted by molar-refractivity contribution is 0.0601. The van der Waals surface area contributed by atoms with Crippen molar-refractivity contribution in [2.75, 3.05) is 7.11 Å². The van der Waals surface area contributed by atoms with Gasteiger partial charge in [-0.3, -0.25) is 0 Å². The van der Waals surface area contributed by atoms with Crippen LogP contribution in [0.5, 0.6) is 5.75 Å². The van der Waals surface area contributed by atoms with Crippen LogP contribution in [0.4, 0.5) is 4.39 Å². The lowest BCUT2D eigenvalue weighted by Gasteiger charge is -2.07. The maximum Gasteiger partial charge on any atom is 0.337 e. The molecule has 0 unspecified atom stereocenters. The SMILES string of the molecule is COC(=O)c1ccc(O)c(-c2ccc(F)cc2)c1. The van der Waals surface area contributed by atoms with Crippen molar-refractivity contribution in [2.24, 2.45) is 0 Å². The Morgan fingerprint density at radius 3 is 2.44 bits per heavy atom. The molecule has 0 saturated heterocycles. The predicted octanol–water partition coefficient (Wildman–Crippen LogP) is 2.98. The van der Waals surface area contributed by atoms with Gasteiger partial charge in [0.15, 0.2) is 0 Å². The van der Waals surface area contributed by atoms with Crippen molar-refractivity contribution in [3.63, 3.8) is 0 Å². The lowest BCUT2D eigenvalue weighted by atomic mass is 10.0. The Balaban J connectivity index is 2.49. The molecule has 0 bridgehead atoms. The van der Waals surface area contributed by atoms with Crippen molar-refractivity contribution in [3.8, 4) is 16.9 Å². The third kappa shape index (κ3) is 2.32. The number of carbonyl (C=O) groups is 1. The molecule has 0 atom stereocenters. The number of hydrogen-bond donors (Lipinski definition) is 1. The molecule has 3 nitrogen and oxygen atoms in total. The van der Waals surface area contributed by atoms with Gasteiger partial charge in [-0.15, -0.1) is 0 Å². The zero-order valence-electron chi connectivity index (χ0n) is 9.68. The smallest absolute Gasteiger partial charge is 0.337 e. The molecule has 0 aliphatic heterocycles. The fraction of sp³-hybridized carbons (Fsp3) is 0.0714. The van der Waals surface area contributed by atoms with E-state index >= 15 is 0 Å². The molecule has 0 amide bonds. The molecule has 92 valence electrons. The summed E-state index contributed by atoms with van der Waals surface area (Å²) in [5, 5.41) is 9.77. The van der Waals surface area contributed by atoms with E-state index in [-0.39, 0.29) is 11.6 Å². The molecule has 0 spiro atoms. The van der Waals surface area contributed by atoms with Crippen LogP contribution in [-0.4, -0.2) is 18.2 Å². The second-order valence-electron chi connectivity index (χ2n) is 3.73. The lowest BCUT2D eigenvalue weighted by Crippen LogP contribution is -2.00. The second-order valence-corrected chi connectivity index (χ2v) is 3.73. The number of aromatic hydroxyl groups is 1. The topological polar surface area (TPSA) is 46.5 Å².